The van der Waals surface area contributed by atoms with Gasteiger partial charge in [-0.05, 0) is 42.5 Å². The van der Waals surface area contributed by atoms with Crippen molar-refractivity contribution < 1.29 is 8.42 Å². The van der Waals surface area contributed by atoms with Crippen LogP contribution < -0.4 is 0 Å². The van der Waals surface area contributed by atoms with Gasteiger partial charge in [-0.25, -0.2) is 8.42 Å². The third kappa shape index (κ3) is 4.57. The molecule has 0 amide bonds. The molecule has 4 rings (SSSR count). The molecular weight excluding hydrogens is 402 g/mol. The van der Waals surface area contributed by atoms with E-state index >= 15 is 0 Å². The molecule has 0 aliphatic carbocycles. The zero-order valence-electron chi connectivity index (χ0n) is 16.5. The van der Waals surface area contributed by atoms with Gasteiger partial charge in [0.05, 0.1) is 4.90 Å². The maximum atomic E-state index is 13.1. The maximum absolute atomic E-state index is 13.1. The molecule has 1 saturated heterocycles. The zero-order valence-corrected chi connectivity index (χ0v) is 18.1. The molecule has 5 nitrogen and oxygen atoms in total. The Hall–Kier alpha value is -2.09. The molecular formula is C22H25N3O2S2. The van der Waals surface area contributed by atoms with Crippen molar-refractivity contribution in [2.45, 2.75) is 43.4 Å². The van der Waals surface area contributed by atoms with Gasteiger partial charge in [0.2, 0.25) is 10.0 Å². The van der Waals surface area contributed by atoms with Gasteiger partial charge < -0.3 is 0 Å². The lowest BCUT2D eigenvalue weighted by atomic mass is 10.0. The lowest BCUT2D eigenvalue weighted by Crippen LogP contribution is -2.39. The number of nitrogens with zero attached hydrogens (tertiary/aromatic N) is 3. The zero-order chi connectivity index (χ0) is 20.3. The van der Waals surface area contributed by atoms with Gasteiger partial charge in [0, 0.05) is 25.4 Å². The summed E-state index contributed by atoms with van der Waals surface area (Å²) < 4.78 is 27.8. The lowest BCUT2D eigenvalue weighted by molar-refractivity contribution is 0.314. The third-order valence-corrected chi connectivity index (χ3v) is 8.35. The standard InChI is InChI=1S/C22H25N3O2S2/c1-2-17-10-12-20(13-11-17)29(26,27)25-14-6-9-19(16-25)22-24-23-21(28-22)15-18-7-4-3-5-8-18/h3-5,7-8,10-13,19H,2,6,9,14-16H2,1H3. The van der Waals surface area contributed by atoms with Crippen LogP contribution in [0.5, 0.6) is 0 Å². The number of hydrogen-bond donors (Lipinski definition) is 0. The van der Waals surface area contributed by atoms with Crippen molar-refractivity contribution in [3.63, 3.8) is 0 Å². The monoisotopic (exact) mass is 427 g/mol. The molecule has 1 aliphatic rings. The molecule has 1 atom stereocenters. The van der Waals surface area contributed by atoms with E-state index in [9.17, 15) is 8.42 Å². The summed E-state index contributed by atoms with van der Waals surface area (Å²) in [5.41, 5.74) is 2.35. The van der Waals surface area contributed by atoms with E-state index in [1.54, 1.807) is 27.8 Å². The van der Waals surface area contributed by atoms with Crippen LogP contribution in [0.3, 0.4) is 0 Å². The first-order valence-electron chi connectivity index (χ1n) is 10.0. The summed E-state index contributed by atoms with van der Waals surface area (Å²) in [6.45, 7) is 3.09. The van der Waals surface area contributed by atoms with Crippen LogP contribution in [0.2, 0.25) is 0 Å². The molecule has 0 bridgehead atoms. The van der Waals surface area contributed by atoms with Crippen molar-refractivity contribution in [1.82, 2.24) is 14.5 Å². The highest BCUT2D eigenvalue weighted by atomic mass is 32.2. The predicted molar refractivity (Wildman–Crippen MR) is 116 cm³/mol. The van der Waals surface area contributed by atoms with Crippen molar-refractivity contribution in [2.75, 3.05) is 13.1 Å². The van der Waals surface area contributed by atoms with Crippen LogP contribution in [-0.4, -0.2) is 36.0 Å². The Balaban J connectivity index is 1.48. The average Bonchev–Trinajstić information content (AvgIpc) is 3.23. The molecule has 0 radical (unpaired) electrons. The van der Waals surface area contributed by atoms with E-state index in [1.165, 1.54) is 5.56 Å². The van der Waals surface area contributed by atoms with Crippen LogP contribution in [0.25, 0.3) is 0 Å². The minimum Gasteiger partial charge on any atom is -0.207 e. The number of aryl methyl sites for hydroxylation is 1. The van der Waals surface area contributed by atoms with Gasteiger partial charge in [0.25, 0.3) is 0 Å². The Labute approximate surface area is 176 Å². The number of hydrogen-bond acceptors (Lipinski definition) is 5. The minimum atomic E-state index is -3.48. The minimum absolute atomic E-state index is 0.107. The summed E-state index contributed by atoms with van der Waals surface area (Å²) in [5, 5.41) is 10.7. The van der Waals surface area contributed by atoms with Crippen molar-refractivity contribution >= 4 is 21.4 Å². The first-order valence-corrected chi connectivity index (χ1v) is 12.3. The quantitative estimate of drug-likeness (QED) is 0.590. The van der Waals surface area contributed by atoms with Gasteiger partial charge in [0.15, 0.2) is 0 Å². The van der Waals surface area contributed by atoms with Crippen LogP contribution in [0.15, 0.2) is 59.5 Å². The Bertz CT molecular complexity index is 1050. The summed E-state index contributed by atoms with van der Waals surface area (Å²) in [7, 11) is -3.48. The van der Waals surface area contributed by atoms with E-state index in [4.69, 9.17) is 0 Å². The molecule has 3 aromatic rings. The van der Waals surface area contributed by atoms with E-state index in [0.717, 1.165) is 41.3 Å². The fraction of sp³-hybridized carbons (Fsp3) is 0.364. The molecule has 1 fully saturated rings. The number of benzene rings is 2. The Morgan fingerprint density at radius 1 is 1.03 bits per heavy atom. The number of piperidine rings is 1. The van der Waals surface area contributed by atoms with Crippen LogP contribution >= 0.6 is 11.3 Å². The van der Waals surface area contributed by atoms with Gasteiger partial charge in [0.1, 0.15) is 10.0 Å². The highest BCUT2D eigenvalue weighted by molar-refractivity contribution is 7.89. The van der Waals surface area contributed by atoms with Crippen molar-refractivity contribution in [1.29, 1.82) is 0 Å². The largest absolute Gasteiger partial charge is 0.243 e. The topological polar surface area (TPSA) is 63.2 Å². The third-order valence-electron chi connectivity index (χ3n) is 5.38. The molecule has 2 aromatic carbocycles. The van der Waals surface area contributed by atoms with E-state index < -0.39 is 10.0 Å². The highest BCUT2D eigenvalue weighted by Crippen LogP contribution is 2.32. The molecule has 7 heteroatoms. The molecule has 1 aromatic heterocycles. The summed E-state index contributed by atoms with van der Waals surface area (Å²) in [4.78, 5) is 0.373. The smallest absolute Gasteiger partial charge is 0.207 e. The van der Waals surface area contributed by atoms with E-state index in [-0.39, 0.29) is 5.92 Å². The molecule has 29 heavy (non-hydrogen) atoms. The van der Waals surface area contributed by atoms with E-state index in [1.807, 2.05) is 30.3 Å². The molecule has 2 heterocycles. The van der Waals surface area contributed by atoms with Crippen LogP contribution in [0.4, 0.5) is 0 Å². The summed E-state index contributed by atoms with van der Waals surface area (Å²) in [6.07, 6.45) is 3.44. The second kappa shape index (κ2) is 8.73. The normalized spacial score (nSPS) is 18.0. The van der Waals surface area contributed by atoms with Gasteiger partial charge in [-0.1, -0.05) is 49.4 Å². The van der Waals surface area contributed by atoms with Crippen molar-refractivity contribution in [2.24, 2.45) is 0 Å². The Morgan fingerprint density at radius 3 is 2.52 bits per heavy atom. The maximum Gasteiger partial charge on any atom is 0.243 e. The molecule has 0 saturated carbocycles. The van der Waals surface area contributed by atoms with Gasteiger partial charge in [-0.15, -0.1) is 21.5 Å². The molecule has 1 aliphatic heterocycles. The van der Waals surface area contributed by atoms with Gasteiger partial charge in [-0.2, -0.15) is 4.31 Å². The predicted octanol–water partition coefficient (Wildman–Crippen LogP) is 4.26. The number of aromatic nitrogens is 2. The second-order valence-corrected chi connectivity index (χ2v) is 10.4. The van der Waals surface area contributed by atoms with Gasteiger partial charge in [-0.3, -0.25) is 0 Å². The molecule has 0 N–H and O–H groups in total. The number of sulfonamides is 1. The van der Waals surface area contributed by atoms with Crippen LogP contribution in [-0.2, 0) is 22.9 Å². The number of rotatable bonds is 6. The summed E-state index contributed by atoms with van der Waals surface area (Å²) in [6, 6.07) is 17.5. The van der Waals surface area contributed by atoms with Gasteiger partial charge >= 0.3 is 0 Å². The van der Waals surface area contributed by atoms with E-state index in [2.05, 4.69) is 29.3 Å². The van der Waals surface area contributed by atoms with Crippen LogP contribution in [0.1, 0.15) is 46.8 Å². The molecule has 152 valence electrons. The Kier molecular flexibility index (Phi) is 6.08. The Morgan fingerprint density at radius 2 is 1.79 bits per heavy atom. The summed E-state index contributed by atoms with van der Waals surface area (Å²) in [5.74, 6) is 0.107. The second-order valence-electron chi connectivity index (χ2n) is 7.40. The fourth-order valence-electron chi connectivity index (χ4n) is 3.68. The lowest BCUT2D eigenvalue weighted by Gasteiger charge is -2.30. The highest BCUT2D eigenvalue weighted by Gasteiger charge is 2.32. The van der Waals surface area contributed by atoms with Crippen molar-refractivity contribution in [3.05, 3.63) is 75.7 Å². The van der Waals surface area contributed by atoms with E-state index in [0.29, 0.717) is 18.0 Å². The summed E-state index contributed by atoms with van der Waals surface area (Å²) >= 11 is 1.60. The first-order chi connectivity index (χ1) is 14.1. The average molecular weight is 428 g/mol. The fourth-order valence-corrected chi connectivity index (χ4v) is 6.21. The molecule has 0 spiro atoms. The van der Waals surface area contributed by atoms with Crippen LogP contribution in [0, 0.1) is 0 Å². The SMILES string of the molecule is CCc1ccc(S(=O)(=O)N2CCCC(c3nnc(Cc4ccccc4)s3)C2)cc1. The van der Waals surface area contributed by atoms with Crippen molar-refractivity contribution in [3.8, 4) is 0 Å². The first kappa shape index (κ1) is 20.2. The molecule has 1 unspecified atom stereocenters.